The zero-order valence-electron chi connectivity index (χ0n) is 5.98. The van der Waals surface area contributed by atoms with Gasteiger partial charge in [0.1, 0.15) is 0 Å². The maximum absolute atomic E-state index is 9.35. The lowest BCUT2D eigenvalue weighted by atomic mass is 11.2. The summed E-state index contributed by atoms with van der Waals surface area (Å²) in [6, 6.07) is -0.718. The summed E-state index contributed by atoms with van der Waals surface area (Å²) in [4.78, 5) is 26.1. The van der Waals surface area contributed by atoms with E-state index in [1.165, 1.54) is 0 Å². The normalized spacial score (nSPS) is 6.23. The minimum absolute atomic E-state index is 0.718. The number of nitrogens with two attached hydrogens (primary N) is 2. The third-order valence-electron chi connectivity index (χ3n) is 0.142. The third kappa shape index (κ3) is 4100. The Bertz CT molecular complexity index is 146. The van der Waals surface area contributed by atoms with Gasteiger partial charge in [-0.2, -0.15) is 0 Å². The zero-order chi connectivity index (χ0) is 11.4. The molecule has 0 atom stereocenters. The molecule has 0 aromatic rings. The van der Waals surface area contributed by atoms with Crippen molar-refractivity contribution in [3.05, 3.63) is 20.2 Å². The fourth-order valence-corrected chi connectivity index (χ4v) is 0. The molecule has 0 heterocycles. The molecule has 0 radical (unpaired) electrons. The second-order valence-corrected chi connectivity index (χ2v) is 0.984. The lowest BCUT2D eigenvalue weighted by Crippen LogP contribution is -2.34. The average Bonchev–Trinajstić information content (AvgIpc) is 1.84. The molecule has 0 saturated heterocycles. The summed E-state index contributed by atoms with van der Waals surface area (Å²) >= 11 is 0. The fraction of sp³-hybridized carbons (Fsp3) is 0. The van der Waals surface area contributed by atoms with Gasteiger partial charge in [-0.1, -0.05) is 0 Å². The second kappa shape index (κ2) is 12.3. The van der Waals surface area contributed by atoms with Gasteiger partial charge in [-0.3, -0.25) is 5.43 Å². The molecule has 0 spiro atoms. The highest BCUT2D eigenvalue weighted by molar-refractivity contribution is 5.70. The predicted octanol–water partition coefficient (Wildman–Crippen LogP) is -2.17. The quantitative estimate of drug-likeness (QED) is 0.126. The molecular weight excluding hydrogens is 194 g/mol. The molecular formula is CH7N5O7. The summed E-state index contributed by atoms with van der Waals surface area (Å²) in [5, 5.41) is 27.3. The van der Waals surface area contributed by atoms with E-state index in [0.717, 1.165) is 0 Å². The van der Waals surface area contributed by atoms with Crippen LogP contribution in [0, 0.1) is 20.2 Å². The van der Waals surface area contributed by atoms with Crippen LogP contribution in [-0.2, 0) is 0 Å². The van der Waals surface area contributed by atoms with Crippen molar-refractivity contribution < 1.29 is 25.4 Å². The van der Waals surface area contributed by atoms with Crippen molar-refractivity contribution in [2.24, 2.45) is 11.6 Å². The second-order valence-electron chi connectivity index (χ2n) is 0.984. The van der Waals surface area contributed by atoms with Crippen LogP contribution in [0.1, 0.15) is 0 Å². The van der Waals surface area contributed by atoms with Crippen molar-refractivity contribution in [3.8, 4) is 0 Å². The van der Waals surface area contributed by atoms with Gasteiger partial charge in [0.2, 0.25) is 0 Å². The van der Waals surface area contributed by atoms with Crippen LogP contribution >= 0.6 is 0 Å². The van der Waals surface area contributed by atoms with Crippen LogP contribution in [0.25, 0.3) is 0 Å². The van der Waals surface area contributed by atoms with Gasteiger partial charge in [0.05, 0.1) is 0 Å². The molecule has 0 saturated carbocycles. The van der Waals surface area contributed by atoms with E-state index >= 15 is 0 Å². The highest BCUT2D eigenvalue weighted by Crippen LogP contribution is 1.38. The number of amides is 2. The molecule has 13 heavy (non-hydrogen) atoms. The van der Waals surface area contributed by atoms with Crippen molar-refractivity contribution in [3.63, 3.8) is 0 Å². The first-order chi connectivity index (χ1) is 5.73. The predicted molar refractivity (Wildman–Crippen MR) is 34.5 cm³/mol. The number of nitrogens with one attached hydrogen (secondary N) is 1. The van der Waals surface area contributed by atoms with Crippen LogP contribution in [0.5, 0.6) is 0 Å². The SMILES string of the molecule is NNC(N)=O.O=[N+]([O-])O.O=[N+]([O-])O. The lowest BCUT2D eigenvalue weighted by Gasteiger charge is -1.81. The summed E-state index contributed by atoms with van der Waals surface area (Å²) in [6.45, 7) is 0. The Kier molecular flexibility index (Phi) is 16.0. The van der Waals surface area contributed by atoms with E-state index in [9.17, 15) is 4.79 Å². The van der Waals surface area contributed by atoms with Gasteiger partial charge in [0.15, 0.2) is 0 Å². The Morgan fingerprint density at radius 3 is 1.31 bits per heavy atom. The molecule has 0 aromatic carbocycles. The van der Waals surface area contributed by atoms with Crippen molar-refractivity contribution in [1.82, 2.24) is 5.43 Å². The highest BCUT2D eigenvalue weighted by Gasteiger charge is 1.73. The summed E-state index contributed by atoms with van der Waals surface area (Å²) < 4.78 is 0. The summed E-state index contributed by atoms with van der Waals surface area (Å²) in [7, 11) is 0. The summed E-state index contributed by atoms with van der Waals surface area (Å²) in [5.74, 6) is 4.45. The number of hydrogen-bond acceptors (Lipinski definition) is 6. The third-order valence-corrected chi connectivity index (χ3v) is 0.142. The topological polar surface area (TPSA) is 208 Å². The number of rotatable bonds is 0. The number of carbonyl (C=O) groups is 1. The fourth-order valence-electron chi connectivity index (χ4n) is 0. The van der Waals surface area contributed by atoms with Gasteiger partial charge in [-0.05, 0) is 0 Å². The molecule has 0 rings (SSSR count). The van der Waals surface area contributed by atoms with Crippen LogP contribution < -0.4 is 17.0 Å². The molecule has 0 fully saturated rings. The molecule has 0 bridgehead atoms. The maximum Gasteiger partial charge on any atom is 0.326 e. The van der Waals surface area contributed by atoms with Crippen LogP contribution in [0.2, 0.25) is 0 Å². The van der Waals surface area contributed by atoms with Gasteiger partial charge >= 0.3 is 6.03 Å². The van der Waals surface area contributed by atoms with Crippen molar-refractivity contribution >= 4 is 6.03 Å². The number of hydrogen-bond donors (Lipinski definition) is 5. The molecule has 0 aliphatic carbocycles. The van der Waals surface area contributed by atoms with Gasteiger partial charge in [-0.25, -0.2) is 10.6 Å². The lowest BCUT2D eigenvalue weighted by molar-refractivity contribution is -0.742. The van der Waals surface area contributed by atoms with E-state index in [1.807, 2.05) is 0 Å². The van der Waals surface area contributed by atoms with Gasteiger partial charge in [0.25, 0.3) is 10.2 Å². The van der Waals surface area contributed by atoms with Crippen molar-refractivity contribution in [2.75, 3.05) is 0 Å². The first-order valence-electron chi connectivity index (χ1n) is 2.16. The van der Waals surface area contributed by atoms with Crippen LogP contribution in [-0.4, -0.2) is 26.6 Å². The highest BCUT2D eigenvalue weighted by atomic mass is 16.9. The van der Waals surface area contributed by atoms with E-state index in [-0.39, 0.29) is 0 Å². The van der Waals surface area contributed by atoms with Crippen LogP contribution in [0.3, 0.4) is 0 Å². The number of urea groups is 1. The number of primary amides is 1. The Morgan fingerprint density at radius 1 is 1.23 bits per heavy atom. The smallest absolute Gasteiger partial charge is 0.326 e. The van der Waals surface area contributed by atoms with Crippen molar-refractivity contribution in [1.29, 1.82) is 0 Å². The molecule has 0 aliphatic rings. The number of carbonyl (C=O) groups excluding carboxylic acids is 1. The Labute approximate surface area is 69.9 Å². The molecule has 12 heteroatoms. The van der Waals surface area contributed by atoms with E-state index in [2.05, 4.69) is 11.6 Å². The Balaban J connectivity index is -0.000000117. The molecule has 7 N–H and O–H groups in total. The molecule has 12 nitrogen and oxygen atoms in total. The maximum atomic E-state index is 9.35. The minimum atomic E-state index is -1.50. The largest absolute Gasteiger partial charge is 0.351 e. The Morgan fingerprint density at radius 2 is 1.31 bits per heavy atom. The number of nitrogens with zero attached hydrogens (tertiary/aromatic N) is 2. The van der Waals surface area contributed by atoms with Crippen LogP contribution in [0.4, 0.5) is 4.79 Å². The number of hydrazine groups is 1. The monoisotopic (exact) mass is 201 g/mol. The zero-order valence-corrected chi connectivity index (χ0v) is 5.98. The standard InChI is InChI=1S/CH5N3O.2HNO3/c2-1(5)4-3;2*2-1(3)4/h3H2,(H3,2,4,5);2*(H,2,3,4). The average molecular weight is 201 g/mol. The molecule has 0 unspecified atom stereocenters. The van der Waals surface area contributed by atoms with E-state index in [1.54, 1.807) is 5.43 Å². The molecule has 2 amide bonds. The van der Waals surface area contributed by atoms with Gasteiger partial charge < -0.3 is 16.1 Å². The minimum Gasteiger partial charge on any atom is -0.351 e. The summed E-state index contributed by atoms with van der Waals surface area (Å²) in [6.07, 6.45) is 0. The van der Waals surface area contributed by atoms with Crippen molar-refractivity contribution in [2.45, 2.75) is 0 Å². The first-order valence-corrected chi connectivity index (χ1v) is 2.16. The van der Waals surface area contributed by atoms with Gasteiger partial charge in [-0.15, -0.1) is 20.2 Å². The van der Waals surface area contributed by atoms with Crippen LogP contribution in [0.15, 0.2) is 0 Å². The molecule has 0 aromatic heterocycles. The van der Waals surface area contributed by atoms with E-state index in [4.69, 9.17) is 30.6 Å². The van der Waals surface area contributed by atoms with E-state index < -0.39 is 16.2 Å². The van der Waals surface area contributed by atoms with E-state index in [0.29, 0.717) is 0 Å². The van der Waals surface area contributed by atoms with Gasteiger partial charge in [0, 0.05) is 0 Å². The molecule has 78 valence electrons. The summed E-state index contributed by atoms with van der Waals surface area (Å²) in [5.41, 5.74) is 6.08. The first kappa shape index (κ1) is 16.9. The Hall–Kier alpha value is -2.37. The molecule has 0 aliphatic heterocycles.